The first-order valence-electron chi connectivity index (χ1n) is 4.89. The van der Waals surface area contributed by atoms with E-state index in [4.69, 9.17) is 4.74 Å². The van der Waals surface area contributed by atoms with E-state index in [9.17, 15) is 4.79 Å². The van der Waals surface area contributed by atoms with Gasteiger partial charge in [-0.1, -0.05) is 0 Å². The van der Waals surface area contributed by atoms with E-state index in [0.717, 1.165) is 11.1 Å². The second kappa shape index (κ2) is 4.77. The van der Waals surface area contributed by atoms with Crippen LogP contribution in [0, 0.1) is 0 Å². The van der Waals surface area contributed by atoms with E-state index in [1.807, 2.05) is 20.2 Å². The first-order valence-corrected chi connectivity index (χ1v) is 4.89. The summed E-state index contributed by atoms with van der Waals surface area (Å²) in [5, 5.41) is 4.06. The van der Waals surface area contributed by atoms with Crippen LogP contribution in [0.2, 0.25) is 0 Å². The van der Waals surface area contributed by atoms with E-state index in [0.29, 0.717) is 12.2 Å². The summed E-state index contributed by atoms with van der Waals surface area (Å²) >= 11 is 0. The van der Waals surface area contributed by atoms with Crippen molar-refractivity contribution >= 4 is 11.5 Å². The molecule has 0 fully saturated rings. The lowest BCUT2D eigenvalue weighted by Gasteiger charge is -2.05. The topological polar surface area (TPSA) is 44.1 Å². The summed E-state index contributed by atoms with van der Waals surface area (Å²) < 4.78 is 6.63. The fourth-order valence-electron chi connectivity index (χ4n) is 1.22. The number of rotatable bonds is 3. The number of hydrogen-bond acceptors (Lipinski definition) is 3. The van der Waals surface area contributed by atoms with Crippen molar-refractivity contribution in [1.29, 1.82) is 0 Å². The monoisotopic (exact) mass is 208 g/mol. The van der Waals surface area contributed by atoms with Crippen LogP contribution in [0.5, 0.6) is 0 Å². The van der Waals surface area contributed by atoms with Gasteiger partial charge in [0, 0.05) is 24.4 Å². The van der Waals surface area contributed by atoms with Gasteiger partial charge in [0.25, 0.3) is 0 Å². The van der Waals surface area contributed by atoms with Crippen molar-refractivity contribution in [3.8, 4) is 0 Å². The molecule has 0 atom stereocenters. The molecule has 0 spiro atoms. The summed E-state index contributed by atoms with van der Waals surface area (Å²) in [6.45, 7) is 5.85. The van der Waals surface area contributed by atoms with Gasteiger partial charge in [0.05, 0.1) is 12.8 Å². The third kappa shape index (κ3) is 2.68. The molecule has 4 heteroatoms. The van der Waals surface area contributed by atoms with Gasteiger partial charge in [-0.2, -0.15) is 5.10 Å². The smallest absolute Gasteiger partial charge is 0.333 e. The van der Waals surface area contributed by atoms with E-state index in [2.05, 4.69) is 5.10 Å². The second-order valence-corrected chi connectivity index (χ2v) is 3.37. The van der Waals surface area contributed by atoms with Crippen LogP contribution >= 0.6 is 0 Å². The zero-order valence-electron chi connectivity index (χ0n) is 9.57. The summed E-state index contributed by atoms with van der Waals surface area (Å²) in [6, 6.07) is 0. The molecule has 0 aliphatic heterocycles. The maximum absolute atomic E-state index is 11.5. The molecule has 1 aromatic heterocycles. The van der Waals surface area contributed by atoms with Crippen molar-refractivity contribution in [3.05, 3.63) is 23.5 Å². The highest BCUT2D eigenvalue weighted by molar-refractivity contribution is 5.96. The molecule has 0 aliphatic rings. The van der Waals surface area contributed by atoms with Gasteiger partial charge in [-0.05, 0) is 26.3 Å². The Morgan fingerprint density at radius 3 is 2.67 bits per heavy atom. The van der Waals surface area contributed by atoms with Crippen LogP contribution in [0.25, 0.3) is 5.57 Å². The van der Waals surface area contributed by atoms with Crippen molar-refractivity contribution in [1.82, 2.24) is 9.78 Å². The number of aryl methyl sites for hydroxylation is 1. The minimum atomic E-state index is -0.265. The maximum atomic E-state index is 11.5. The van der Waals surface area contributed by atoms with Crippen LogP contribution in [0.4, 0.5) is 0 Å². The lowest BCUT2D eigenvalue weighted by atomic mass is 10.1. The molecular formula is C11H16N2O2. The minimum Gasteiger partial charge on any atom is -0.463 e. The Labute approximate surface area is 89.5 Å². The first kappa shape index (κ1) is 11.5. The molecule has 0 saturated heterocycles. The molecule has 0 aliphatic carbocycles. The summed E-state index contributed by atoms with van der Waals surface area (Å²) in [7, 11) is 1.84. The predicted molar refractivity (Wildman–Crippen MR) is 58.1 cm³/mol. The number of carbonyl (C=O) groups excluding carboxylic acids is 1. The number of ether oxygens (including phenoxy) is 1. The maximum Gasteiger partial charge on any atom is 0.333 e. The highest BCUT2D eigenvalue weighted by Crippen LogP contribution is 2.17. The van der Waals surface area contributed by atoms with E-state index >= 15 is 0 Å². The first-order chi connectivity index (χ1) is 7.06. The van der Waals surface area contributed by atoms with Crippen LogP contribution in [0.3, 0.4) is 0 Å². The lowest BCUT2D eigenvalue weighted by molar-refractivity contribution is -0.138. The zero-order chi connectivity index (χ0) is 11.4. The molecular weight excluding hydrogens is 192 g/mol. The highest BCUT2D eigenvalue weighted by atomic mass is 16.5. The van der Waals surface area contributed by atoms with E-state index in [1.165, 1.54) is 0 Å². The second-order valence-electron chi connectivity index (χ2n) is 3.37. The Morgan fingerprint density at radius 2 is 2.20 bits per heavy atom. The predicted octanol–water partition coefficient (Wildman–Crippen LogP) is 1.78. The summed E-state index contributed by atoms with van der Waals surface area (Å²) in [4.78, 5) is 11.5. The van der Waals surface area contributed by atoms with Crippen LogP contribution in [-0.4, -0.2) is 22.4 Å². The van der Waals surface area contributed by atoms with Crippen LogP contribution < -0.4 is 0 Å². The fourth-order valence-corrected chi connectivity index (χ4v) is 1.22. The Kier molecular flexibility index (Phi) is 3.66. The van der Waals surface area contributed by atoms with Crippen molar-refractivity contribution in [2.75, 3.05) is 6.61 Å². The molecule has 1 rings (SSSR count). The van der Waals surface area contributed by atoms with Gasteiger partial charge in [0.1, 0.15) is 0 Å². The standard InChI is InChI=1S/C11H16N2O2/c1-5-15-11(14)9(3)8(2)10-6-12-13(4)7-10/h6-7H,5H2,1-4H3. The largest absolute Gasteiger partial charge is 0.463 e. The minimum absolute atomic E-state index is 0.265. The lowest BCUT2D eigenvalue weighted by Crippen LogP contribution is -2.06. The van der Waals surface area contributed by atoms with E-state index < -0.39 is 0 Å². The van der Waals surface area contributed by atoms with Gasteiger partial charge >= 0.3 is 5.97 Å². The van der Waals surface area contributed by atoms with Gasteiger partial charge in [-0.3, -0.25) is 4.68 Å². The van der Waals surface area contributed by atoms with Gasteiger partial charge < -0.3 is 4.74 Å². The molecule has 82 valence electrons. The van der Waals surface area contributed by atoms with Crippen molar-refractivity contribution in [2.45, 2.75) is 20.8 Å². The number of carbonyl (C=O) groups is 1. The fraction of sp³-hybridized carbons (Fsp3) is 0.455. The van der Waals surface area contributed by atoms with Crippen LogP contribution in [0.15, 0.2) is 18.0 Å². The number of aromatic nitrogens is 2. The van der Waals surface area contributed by atoms with Gasteiger partial charge in [-0.15, -0.1) is 0 Å². The molecule has 0 amide bonds. The van der Waals surface area contributed by atoms with Crippen molar-refractivity contribution in [3.63, 3.8) is 0 Å². The average molecular weight is 208 g/mol. The Bertz CT molecular complexity index is 391. The Morgan fingerprint density at radius 1 is 1.53 bits per heavy atom. The van der Waals surface area contributed by atoms with Gasteiger partial charge in [0.15, 0.2) is 0 Å². The molecule has 0 N–H and O–H groups in total. The molecule has 1 aromatic rings. The van der Waals surface area contributed by atoms with Gasteiger partial charge in [-0.25, -0.2) is 4.79 Å². The molecule has 4 nitrogen and oxygen atoms in total. The number of hydrogen-bond donors (Lipinski definition) is 0. The molecule has 1 heterocycles. The number of allylic oxidation sites excluding steroid dienone is 1. The third-order valence-electron chi connectivity index (χ3n) is 2.28. The SMILES string of the molecule is CCOC(=O)C(C)=C(C)c1cnn(C)c1. The van der Waals surface area contributed by atoms with Crippen LogP contribution in [-0.2, 0) is 16.6 Å². The normalized spacial score (nSPS) is 12.3. The Hall–Kier alpha value is -1.58. The van der Waals surface area contributed by atoms with E-state index in [1.54, 1.807) is 24.7 Å². The molecule has 0 saturated carbocycles. The van der Waals surface area contributed by atoms with Gasteiger partial charge in [0.2, 0.25) is 0 Å². The van der Waals surface area contributed by atoms with Crippen molar-refractivity contribution < 1.29 is 9.53 Å². The summed E-state index contributed by atoms with van der Waals surface area (Å²) in [6.07, 6.45) is 3.61. The molecule has 0 radical (unpaired) electrons. The number of nitrogens with zero attached hydrogens (tertiary/aromatic N) is 2. The summed E-state index contributed by atoms with van der Waals surface area (Å²) in [5.74, 6) is -0.265. The molecule has 0 aromatic carbocycles. The highest BCUT2D eigenvalue weighted by Gasteiger charge is 2.10. The van der Waals surface area contributed by atoms with Crippen LogP contribution in [0.1, 0.15) is 26.3 Å². The Balaban J connectivity index is 2.94. The quantitative estimate of drug-likeness (QED) is 0.561. The van der Waals surface area contributed by atoms with Crippen molar-refractivity contribution in [2.24, 2.45) is 7.05 Å². The average Bonchev–Trinajstić information content (AvgIpc) is 2.63. The third-order valence-corrected chi connectivity index (χ3v) is 2.28. The molecule has 0 unspecified atom stereocenters. The molecule has 0 bridgehead atoms. The van der Waals surface area contributed by atoms with E-state index in [-0.39, 0.29) is 5.97 Å². The molecule has 15 heavy (non-hydrogen) atoms. The summed E-state index contributed by atoms with van der Waals surface area (Å²) in [5.41, 5.74) is 2.48. The zero-order valence-corrected chi connectivity index (χ0v) is 9.57. The number of esters is 1.